The van der Waals surface area contributed by atoms with Crippen LogP contribution < -0.4 is 10.5 Å². The van der Waals surface area contributed by atoms with E-state index in [0.717, 1.165) is 4.90 Å². The summed E-state index contributed by atoms with van der Waals surface area (Å²) in [7, 11) is -3.82. The molecule has 0 fully saturated rings. The van der Waals surface area contributed by atoms with E-state index in [1.807, 2.05) is 0 Å². The molecule has 0 saturated carbocycles. The van der Waals surface area contributed by atoms with Crippen LogP contribution in [0, 0.1) is 0 Å². The first-order valence-electron chi connectivity index (χ1n) is 8.11. The molecule has 3 N–H and O–H groups in total. The minimum absolute atomic E-state index is 0.0323. The summed E-state index contributed by atoms with van der Waals surface area (Å²) in [4.78, 5) is 37.5. The molecule has 27 heavy (non-hydrogen) atoms. The Labute approximate surface area is 156 Å². The van der Waals surface area contributed by atoms with Crippen molar-refractivity contribution in [1.29, 1.82) is 0 Å². The molecule has 3 amide bonds. The van der Waals surface area contributed by atoms with Crippen LogP contribution in [0.5, 0.6) is 0 Å². The maximum Gasteiger partial charge on any atom is 0.261 e. The van der Waals surface area contributed by atoms with Gasteiger partial charge in [0, 0.05) is 19.5 Å². The van der Waals surface area contributed by atoms with Gasteiger partial charge in [0.05, 0.1) is 16.0 Å². The van der Waals surface area contributed by atoms with Gasteiger partial charge in [0.2, 0.25) is 15.9 Å². The summed E-state index contributed by atoms with van der Waals surface area (Å²) in [5.74, 6) is -1.19. The lowest BCUT2D eigenvalue weighted by Gasteiger charge is -2.13. The van der Waals surface area contributed by atoms with Gasteiger partial charge in [-0.3, -0.25) is 19.3 Å². The number of nitrogens with one attached hydrogen (secondary N) is 1. The average Bonchev–Trinajstić information content (AvgIpc) is 2.89. The van der Waals surface area contributed by atoms with Gasteiger partial charge in [-0.25, -0.2) is 13.6 Å². The highest BCUT2D eigenvalue weighted by Crippen LogP contribution is 2.22. The Morgan fingerprint density at radius 1 is 1.00 bits per heavy atom. The third kappa shape index (κ3) is 4.04. The number of carbonyl (C=O) groups is 3. The zero-order chi connectivity index (χ0) is 19.6. The lowest BCUT2D eigenvalue weighted by atomic mass is 10.1. The SMILES string of the molecule is NS(=O)(=O)c1cccc(CNC(=O)CCN2C(=O)c3ccccc3C2=O)c1. The number of fused-ring (bicyclic) bond motifs is 1. The van der Waals surface area contributed by atoms with Gasteiger partial charge < -0.3 is 5.32 Å². The van der Waals surface area contributed by atoms with E-state index in [1.54, 1.807) is 30.3 Å². The monoisotopic (exact) mass is 387 g/mol. The number of imide groups is 1. The van der Waals surface area contributed by atoms with E-state index in [0.29, 0.717) is 16.7 Å². The number of carbonyl (C=O) groups excluding carboxylic acids is 3. The number of amides is 3. The quantitative estimate of drug-likeness (QED) is 0.703. The molecule has 0 bridgehead atoms. The summed E-state index contributed by atoms with van der Waals surface area (Å²) in [6, 6.07) is 12.4. The molecule has 8 nitrogen and oxygen atoms in total. The summed E-state index contributed by atoms with van der Waals surface area (Å²) in [5, 5.41) is 7.71. The van der Waals surface area contributed by atoms with Crippen LogP contribution in [0.3, 0.4) is 0 Å². The minimum atomic E-state index is -3.82. The first kappa shape index (κ1) is 18.7. The van der Waals surface area contributed by atoms with Crippen molar-refractivity contribution >= 4 is 27.7 Å². The van der Waals surface area contributed by atoms with Crippen LogP contribution >= 0.6 is 0 Å². The zero-order valence-corrected chi connectivity index (χ0v) is 15.0. The molecule has 0 aromatic heterocycles. The molecule has 0 saturated heterocycles. The fourth-order valence-corrected chi connectivity index (χ4v) is 3.36. The van der Waals surface area contributed by atoms with E-state index < -0.39 is 21.8 Å². The predicted molar refractivity (Wildman–Crippen MR) is 96.1 cm³/mol. The van der Waals surface area contributed by atoms with Crippen molar-refractivity contribution in [2.75, 3.05) is 6.54 Å². The van der Waals surface area contributed by atoms with E-state index in [9.17, 15) is 22.8 Å². The van der Waals surface area contributed by atoms with Crippen molar-refractivity contribution < 1.29 is 22.8 Å². The highest BCUT2D eigenvalue weighted by molar-refractivity contribution is 7.89. The fraction of sp³-hybridized carbons (Fsp3) is 0.167. The molecule has 2 aromatic rings. The van der Waals surface area contributed by atoms with Crippen LogP contribution in [0.4, 0.5) is 0 Å². The van der Waals surface area contributed by atoms with Gasteiger partial charge in [-0.15, -0.1) is 0 Å². The molecule has 0 spiro atoms. The van der Waals surface area contributed by atoms with Gasteiger partial charge in [-0.2, -0.15) is 0 Å². The van der Waals surface area contributed by atoms with Gasteiger partial charge in [-0.1, -0.05) is 24.3 Å². The van der Waals surface area contributed by atoms with Gasteiger partial charge in [-0.05, 0) is 29.8 Å². The second-order valence-electron chi connectivity index (χ2n) is 6.03. The maximum atomic E-state index is 12.2. The molecular weight excluding hydrogens is 370 g/mol. The van der Waals surface area contributed by atoms with Crippen LogP contribution in [0.15, 0.2) is 53.4 Å². The number of hydrogen-bond donors (Lipinski definition) is 2. The minimum Gasteiger partial charge on any atom is -0.352 e. The topological polar surface area (TPSA) is 127 Å². The van der Waals surface area contributed by atoms with E-state index >= 15 is 0 Å². The molecule has 1 heterocycles. The number of nitrogens with zero attached hydrogens (tertiary/aromatic N) is 1. The van der Waals surface area contributed by atoms with Crippen molar-refractivity contribution in [3.63, 3.8) is 0 Å². The van der Waals surface area contributed by atoms with Crippen molar-refractivity contribution in [2.24, 2.45) is 5.14 Å². The van der Waals surface area contributed by atoms with E-state index in [-0.39, 0.29) is 30.3 Å². The summed E-state index contributed by atoms with van der Waals surface area (Å²) in [6.07, 6.45) is -0.0552. The number of sulfonamides is 1. The molecule has 0 unspecified atom stereocenters. The smallest absolute Gasteiger partial charge is 0.261 e. The Hall–Kier alpha value is -3.04. The summed E-state index contributed by atoms with van der Waals surface area (Å²) < 4.78 is 22.7. The highest BCUT2D eigenvalue weighted by atomic mass is 32.2. The molecule has 3 rings (SSSR count). The summed E-state index contributed by atoms with van der Waals surface area (Å²) in [6.45, 7) is 0.0692. The summed E-state index contributed by atoms with van der Waals surface area (Å²) >= 11 is 0. The molecule has 2 aromatic carbocycles. The second-order valence-corrected chi connectivity index (χ2v) is 7.59. The number of primary sulfonamides is 1. The van der Waals surface area contributed by atoms with Gasteiger partial charge >= 0.3 is 0 Å². The first-order valence-corrected chi connectivity index (χ1v) is 9.65. The maximum absolute atomic E-state index is 12.2. The number of benzene rings is 2. The Bertz CT molecular complexity index is 998. The zero-order valence-electron chi connectivity index (χ0n) is 14.2. The predicted octanol–water partition coefficient (Wildman–Crippen LogP) is 0.637. The van der Waals surface area contributed by atoms with E-state index in [2.05, 4.69) is 5.32 Å². The molecule has 1 aliphatic rings. The third-order valence-corrected chi connectivity index (χ3v) is 5.07. The van der Waals surface area contributed by atoms with Crippen molar-refractivity contribution in [1.82, 2.24) is 10.2 Å². The number of rotatable bonds is 6. The average molecular weight is 387 g/mol. The third-order valence-electron chi connectivity index (χ3n) is 4.16. The standard InChI is InChI=1S/C18H17N3O5S/c19-27(25,26)13-5-3-4-12(10-13)11-20-16(22)8-9-21-17(23)14-6-1-2-7-15(14)18(21)24/h1-7,10H,8-9,11H2,(H,20,22)(H2,19,25,26). The Balaban J connectivity index is 1.56. The molecular formula is C18H17N3O5S. The van der Waals surface area contributed by atoms with Crippen LogP contribution in [-0.2, 0) is 21.4 Å². The van der Waals surface area contributed by atoms with Gasteiger partial charge in [0.25, 0.3) is 11.8 Å². The van der Waals surface area contributed by atoms with Crippen molar-refractivity contribution in [2.45, 2.75) is 17.9 Å². The van der Waals surface area contributed by atoms with Crippen molar-refractivity contribution in [3.8, 4) is 0 Å². The van der Waals surface area contributed by atoms with Crippen LogP contribution in [-0.4, -0.2) is 37.6 Å². The fourth-order valence-electron chi connectivity index (χ4n) is 2.78. The molecule has 0 aliphatic carbocycles. The van der Waals surface area contributed by atoms with Crippen LogP contribution in [0.25, 0.3) is 0 Å². The Kier molecular flexibility index (Phi) is 5.06. The van der Waals surface area contributed by atoms with Gasteiger partial charge in [0.1, 0.15) is 0 Å². The molecule has 0 radical (unpaired) electrons. The highest BCUT2D eigenvalue weighted by Gasteiger charge is 2.34. The molecule has 140 valence electrons. The molecule has 9 heteroatoms. The molecule has 1 aliphatic heterocycles. The van der Waals surface area contributed by atoms with E-state index in [4.69, 9.17) is 5.14 Å². The van der Waals surface area contributed by atoms with Crippen LogP contribution in [0.2, 0.25) is 0 Å². The first-order chi connectivity index (χ1) is 12.8. The lowest BCUT2D eigenvalue weighted by Crippen LogP contribution is -2.34. The number of hydrogen-bond acceptors (Lipinski definition) is 5. The lowest BCUT2D eigenvalue weighted by molar-refractivity contribution is -0.121. The Morgan fingerprint density at radius 3 is 2.22 bits per heavy atom. The largest absolute Gasteiger partial charge is 0.352 e. The van der Waals surface area contributed by atoms with Gasteiger partial charge in [0.15, 0.2) is 0 Å². The number of nitrogens with two attached hydrogens (primary N) is 1. The van der Waals surface area contributed by atoms with Crippen LogP contribution in [0.1, 0.15) is 32.7 Å². The normalized spacial score (nSPS) is 13.6. The second kappa shape index (κ2) is 7.29. The molecule has 0 atom stereocenters. The Morgan fingerprint density at radius 2 is 1.63 bits per heavy atom. The van der Waals surface area contributed by atoms with E-state index in [1.165, 1.54) is 18.2 Å². The summed E-state index contributed by atoms with van der Waals surface area (Å²) in [5.41, 5.74) is 1.24. The van der Waals surface area contributed by atoms with Crippen molar-refractivity contribution in [3.05, 3.63) is 65.2 Å².